The molecule has 0 spiro atoms. The molecule has 3 aromatic heterocycles. The van der Waals surface area contributed by atoms with Gasteiger partial charge in [-0.3, -0.25) is 9.20 Å². The Morgan fingerprint density at radius 2 is 1.91 bits per heavy atom. The first-order valence-electron chi connectivity index (χ1n) is 11.0. The molecule has 0 saturated heterocycles. The zero-order valence-corrected chi connectivity index (χ0v) is 19.3. The zero-order chi connectivity index (χ0) is 22.7. The molecular weight excluding hydrogens is 436 g/mol. The van der Waals surface area contributed by atoms with Crippen LogP contribution in [0.3, 0.4) is 0 Å². The first-order chi connectivity index (χ1) is 16.0. The minimum Gasteiger partial charge on any atom is -0.338 e. The molecule has 5 aromatic rings. The van der Waals surface area contributed by atoms with Gasteiger partial charge in [0.1, 0.15) is 0 Å². The first-order valence-corrected chi connectivity index (χ1v) is 11.9. The Bertz CT molecular complexity index is 1580. The highest BCUT2D eigenvalue weighted by Crippen LogP contribution is 2.40. The highest BCUT2D eigenvalue weighted by molar-refractivity contribution is 7.99. The number of rotatable bonds is 5. The van der Waals surface area contributed by atoms with Gasteiger partial charge in [0.15, 0.2) is 11.0 Å². The van der Waals surface area contributed by atoms with E-state index < -0.39 is 0 Å². The van der Waals surface area contributed by atoms with E-state index in [4.69, 9.17) is 4.52 Å². The van der Waals surface area contributed by atoms with Gasteiger partial charge in [0.25, 0.3) is 5.56 Å². The summed E-state index contributed by atoms with van der Waals surface area (Å²) in [4.78, 5) is 18.2. The SMILES string of the molecule is Cc1cccc(-n2c(=O)c3ccccc3n3c(SC(C)c4nc(C5CC5)no4)nnc23)c1C. The molecular formula is C24H22N6O2S. The molecule has 166 valence electrons. The normalized spacial score (nSPS) is 14.9. The zero-order valence-electron chi connectivity index (χ0n) is 18.5. The van der Waals surface area contributed by atoms with Gasteiger partial charge in [-0.2, -0.15) is 4.98 Å². The van der Waals surface area contributed by atoms with Gasteiger partial charge in [-0.25, -0.2) is 4.57 Å². The molecule has 1 aliphatic carbocycles. The second-order valence-electron chi connectivity index (χ2n) is 8.52. The fourth-order valence-corrected chi connectivity index (χ4v) is 4.96. The minimum absolute atomic E-state index is 0.114. The summed E-state index contributed by atoms with van der Waals surface area (Å²) in [7, 11) is 0. The van der Waals surface area contributed by atoms with Crippen molar-refractivity contribution in [2.24, 2.45) is 0 Å². The quantitative estimate of drug-likeness (QED) is 0.351. The summed E-state index contributed by atoms with van der Waals surface area (Å²) in [6, 6.07) is 13.5. The predicted molar refractivity (Wildman–Crippen MR) is 126 cm³/mol. The fraction of sp³-hybridized carbons (Fsp3) is 0.292. The van der Waals surface area contributed by atoms with Gasteiger partial charge in [0.2, 0.25) is 11.7 Å². The van der Waals surface area contributed by atoms with E-state index >= 15 is 0 Å². The molecule has 3 heterocycles. The van der Waals surface area contributed by atoms with Crippen molar-refractivity contribution < 1.29 is 4.52 Å². The molecule has 0 aliphatic heterocycles. The van der Waals surface area contributed by atoms with Crippen molar-refractivity contribution in [1.82, 2.24) is 29.3 Å². The highest BCUT2D eigenvalue weighted by atomic mass is 32.2. The summed E-state index contributed by atoms with van der Waals surface area (Å²) in [5.74, 6) is 2.28. The Balaban J connectivity index is 1.53. The van der Waals surface area contributed by atoms with Crippen LogP contribution in [0.25, 0.3) is 22.4 Å². The van der Waals surface area contributed by atoms with Gasteiger partial charge >= 0.3 is 0 Å². The third-order valence-corrected chi connectivity index (χ3v) is 7.27. The maximum absolute atomic E-state index is 13.6. The van der Waals surface area contributed by atoms with Gasteiger partial charge < -0.3 is 4.52 Å². The Morgan fingerprint density at radius 3 is 2.73 bits per heavy atom. The van der Waals surface area contributed by atoms with Crippen molar-refractivity contribution in [3.05, 3.63) is 75.7 Å². The number of para-hydroxylation sites is 1. The monoisotopic (exact) mass is 458 g/mol. The van der Waals surface area contributed by atoms with Crippen LogP contribution in [0.2, 0.25) is 0 Å². The summed E-state index contributed by atoms with van der Waals surface area (Å²) in [5, 5.41) is 14.2. The minimum atomic E-state index is -0.116. The van der Waals surface area contributed by atoms with Crippen LogP contribution < -0.4 is 5.56 Å². The number of benzene rings is 2. The molecule has 0 radical (unpaired) electrons. The van der Waals surface area contributed by atoms with Crippen LogP contribution in [-0.4, -0.2) is 29.3 Å². The number of fused-ring (bicyclic) bond motifs is 3. The van der Waals surface area contributed by atoms with Gasteiger partial charge in [-0.15, -0.1) is 10.2 Å². The lowest BCUT2D eigenvalue weighted by atomic mass is 10.1. The number of aromatic nitrogens is 6. The molecule has 6 rings (SSSR count). The van der Waals surface area contributed by atoms with Gasteiger partial charge in [-0.1, -0.05) is 41.2 Å². The number of hydrogen-bond donors (Lipinski definition) is 0. The van der Waals surface area contributed by atoms with E-state index in [2.05, 4.69) is 20.3 Å². The number of aryl methyl sites for hydroxylation is 1. The van der Waals surface area contributed by atoms with E-state index in [0.29, 0.717) is 28.1 Å². The molecule has 1 aliphatic rings. The Kier molecular flexibility index (Phi) is 4.62. The average molecular weight is 459 g/mol. The predicted octanol–water partition coefficient (Wildman–Crippen LogP) is 4.76. The maximum Gasteiger partial charge on any atom is 0.267 e. The molecule has 1 saturated carbocycles. The van der Waals surface area contributed by atoms with E-state index in [9.17, 15) is 4.79 Å². The van der Waals surface area contributed by atoms with E-state index in [-0.39, 0.29) is 10.8 Å². The summed E-state index contributed by atoms with van der Waals surface area (Å²) in [6.45, 7) is 6.07. The van der Waals surface area contributed by atoms with Gasteiger partial charge in [-0.05, 0) is 62.9 Å². The topological polar surface area (TPSA) is 91.1 Å². The number of nitrogens with zero attached hydrogens (tertiary/aromatic N) is 6. The average Bonchev–Trinajstić information content (AvgIpc) is 3.40. The van der Waals surface area contributed by atoms with Crippen LogP contribution >= 0.6 is 11.8 Å². The first kappa shape index (κ1) is 20.2. The molecule has 9 heteroatoms. The molecule has 0 bridgehead atoms. The van der Waals surface area contributed by atoms with E-state index in [0.717, 1.165) is 41.0 Å². The molecule has 33 heavy (non-hydrogen) atoms. The number of hydrogen-bond acceptors (Lipinski definition) is 7. The van der Waals surface area contributed by atoms with Gasteiger partial charge in [0.05, 0.1) is 21.8 Å². The van der Waals surface area contributed by atoms with E-state index in [1.54, 1.807) is 4.57 Å². The van der Waals surface area contributed by atoms with Crippen molar-refractivity contribution in [2.75, 3.05) is 0 Å². The van der Waals surface area contributed by atoms with Crippen LogP contribution in [-0.2, 0) is 0 Å². The Morgan fingerprint density at radius 1 is 1.09 bits per heavy atom. The van der Waals surface area contributed by atoms with Crippen LogP contribution in [0.4, 0.5) is 0 Å². The smallest absolute Gasteiger partial charge is 0.267 e. The third kappa shape index (κ3) is 3.26. The lowest BCUT2D eigenvalue weighted by molar-refractivity contribution is 0.374. The number of thioether (sulfide) groups is 1. The maximum atomic E-state index is 13.6. The molecule has 8 nitrogen and oxygen atoms in total. The van der Waals surface area contributed by atoms with Crippen LogP contribution in [0, 0.1) is 13.8 Å². The lowest BCUT2D eigenvalue weighted by Crippen LogP contribution is -2.22. The van der Waals surface area contributed by atoms with E-state index in [1.165, 1.54) is 11.8 Å². The lowest BCUT2D eigenvalue weighted by Gasteiger charge is -2.14. The standard InChI is InChI=1S/C24H22N6O2S/c1-13-7-6-10-18(14(13)2)29-22(31)17-8-4-5-9-19(17)30-23(29)26-27-24(30)33-15(3)21-25-20(28-32-21)16-11-12-16/h4-10,15-16H,11-12H2,1-3H3. The van der Waals surface area contributed by atoms with Crippen LogP contribution in [0.5, 0.6) is 0 Å². The molecule has 2 aromatic carbocycles. The molecule has 1 unspecified atom stereocenters. The van der Waals surface area contributed by atoms with E-state index in [1.807, 2.05) is 67.6 Å². The summed E-state index contributed by atoms with van der Waals surface area (Å²) in [5.41, 5.74) is 3.59. The summed E-state index contributed by atoms with van der Waals surface area (Å²) < 4.78 is 9.12. The van der Waals surface area contributed by atoms with Crippen LogP contribution in [0.15, 0.2) is 56.9 Å². The Hall–Kier alpha value is -3.46. The fourth-order valence-electron chi connectivity index (χ4n) is 4.08. The summed E-state index contributed by atoms with van der Waals surface area (Å²) >= 11 is 1.49. The second-order valence-corrected chi connectivity index (χ2v) is 9.83. The largest absolute Gasteiger partial charge is 0.338 e. The second kappa shape index (κ2) is 7.55. The molecule has 1 atom stereocenters. The van der Waals surface area contributed by atoms with Crippen molar-refractivity contribution in [2.45, 2.75) is 49.9 Å². The van der Waals surface area contributed by atoms with Crippen molar-refractivity contribution in [3.63, 3.8) is 0 Å². The van der Waals surface area contributed by atoms with Gasteiger partial charge in [0, 0.05) is 5.92 Å². The highest BCUT2D eigenvalue weighted by Gasteiger charge is 2.30. The molecule has 1 fully saturated rings. The van der Waals surface area contributed by atoms with Crippen molar-refractivity contribution >= 4 is 28.4 Å². The molecule has 0 amide bonds. The van der Waals surface area contributed by atoms with Crippen molar-refractivity contribution in [1.29, 1.82) is 0 Å². The Labute approximate surface area is 193 Å². The van der Waals surface area contributed by atoms with Crippen molar-refractivity contribution in [3.8, 4) is 5.69 Å². The molecule has 0 N–H and O–H groups in total. The van der Waals surface area contributed by atoms with Crippen LogP contribution in [0.1, 0.15) is 53.8 Å². The summed E-state index contributed by atoms with van der Waals surface area (Å²) in [6.07, 6.45) is 2.24. The third-order valence-electron chi connectivity index (χ3n) is 6.24.